The molecule has 4 heterocycles. The van der Waals surface area contributed by atoms with Gasteiger partial charge in [-0.05, 0) is 163 Å². The van der Waals surface area contributed by atoms with Crippen LogP contribution >= 0.6 is 137 Å². The van der Waals surface area contributed by atoms with E-state index in [0.29, 0.717) is 56.4 Å². The van der Waals surface area contributed by atoms with Gasteiger partial charge in [-0.2, -0.15) is 0 Å². The SMILES string of the molecule is [Ce+4].[O-]c1c(I)cc(Cl)c2cccnc12.[O-]c1c(I)cc(Cl)c2cccnc12.[O-]c1c(I)cc(Cl)c2cccnc12.[O-]c1c(I)cc(Cl)c2cccnc12. The van der Waals surface area contributed by atoms with Gasteiger partial charge in [0, 0.05) is 60.6 Å². The van der Waals surface area contributed by atoms with E-state index in [9.17, 15) is 20.4 Å². The van der Waals surface area contributed by atoms with E-state index in [1.807, 2.05) is 90.4 Å². The van der Waals surface area contributed by atoms with Crippen molar-refractivity contribution in [2.75, 3.05) is 0 Å². The van der Waals surface area contributed by atoms with E-state index in [0.717, 1.165) is 21.5 Å². The molecule has 0 spiro atoms. The zero-order chi connectivity index (χ0) is 37.7. The molecule has 0 unspecified atom stereocenters. The Morgan fingerprint density at radius 2 is 0.566 bits per heavy atom. The zero-order valence-corrected chi connectivity index (χ0v) is 41.0. The Hall–Kier alpha value is -0.823. The van der Waals surface area contributed by atoms with E-state index in [1.54, 1.807) is 97.6 Å². The Morgan fingerprint density at radius 1 is 0.377 bits per heavy atom. The number of rotatable bonds is 0. The van der Waals surface area contributed by atoms with Gasteiger partial charge in [0.05, 0.1) is 42.2 Å². The van der Waals surface area contributed by atoms with Crippen molar-refractivity contribution >= 4 is 180 Å². The monoisotopic (exact) mass is 1360 g/mol. The Bertz CT molecular complexity index is 2250. The summed E-state index contributed by atoms with van der Waals surface area (Å²) in [6.45, 7) is 0. The third-order valence-corrected chi connectivity index (χ3v) is 11.5. The zero-order valence-electron chi connectivity index (χ0n) is 26.2. The summed E-state index contributed by atoms with van der Waals surface area (Å²) in [5, 5.41) is 51.4. The van der Waals surface area contributed by atoms with E-state index >= 15 is 0 Å². The molecule has 0 radical (unpaired) electrons. The summed E-state index contributed by atoms with van der Waals surface area (Å²) in [4.78, 5) is 16.0. The van der Waals surface area contributed by atoms with Crippen molar-refractivity contribution in [3.8, 4) is 23.0 Å². The normalized spacial score (nSPS) is 10.4. The quantitative estimate of drug-likeness (QED) is 0.137. The summed E-state index contributed by atoms with van der Waals surface area (Å²) in [7, 11) is 0. The standard InChI is InChI=1S/4C9H5ClINO.Ce/c4*10-6-4-7(11)9(13)8-5(6)2-1-3-12-8;/h4*1-4,13H;/q;;;;+4/p-4. The molecule has 0 aliphatic rings. The molecule has 8 aromatic rings. The second kappa shape index (κ2) is 20.6. The van der Waals surface area contributed by atoms with Crippen molar-refractivity contribution in [1.82, 2.24) is 19.9 Å². The fraction of sp³-hybridized carbons (Fsp3) is 0. The maximum atomic E-state index is 11.6. The van der Waals surface area contributed by atoms with Crippen LogP contribution in [0.4, 0.5) is 0 Å². The summed E-state index contributed by atoms with van der Waals surface area (Å²) in [6, 6.07) is 20.9. The predicted molar refractivity (Wildman–Crippen MR) is 236 cm³/mol. The van der Waals surface area contributed by atoms with Crippen molar-refractivity contribution in [3.63, 3.8) is 0 Å². The van der Waals surface area contributed by atoms with Crippen LogP contribution in [0.15, 0.2) is 97.6 Å². The minimum atomic E-state index is -0.0550. The van der Waals surface area contributed by atoms with Gasteiger partial charge in [-0.3, -0.25) is 19.9 Å². The van der Waals surface area contributed by atoms with Crippen molar-refractivity contribution in [2.45, 2.75) is 0 Å². The van der Waals surface area contributed by atoms with Gasteiger partial charge in [0.1, 0.15) is 0 Å². The van der Waals surface area contributed by atoms with E-state index in [2.05, 4.69) is 19.9 Å². The molecule has 0 N–H and O–H groups in total. The third-order valence-electron chi connectivity index (χ3n) is 7.00. The molecule has 0 bridgehead atoms. The van der Waals surface area contributed by atoms with Crippen molar-refractivity contribution in [2.24, 2.45) is 0 Å². The van der Waals surface area contributed by atoms with Gasteiger partial charge < -0.3 is 20.4 Å². The van der Waals surface area contributed by atoms with Crippen LogP contribution in [0, 0.1) is 56.0 Å². The maximum absolute atomic E-state index is 11.6. The number of hydrogen-bond acceptors (Lipinski definition) is 8. The van der Waals surface area contributed by atoms with Gasteiger partial charge in [0.2, 0.25) is 0 Å². The van der Waals surface area contributed by atoms with Gasteiger partial charge in [0.15, 0.2) is 0 Å². The van der Waals surface area contributed by atoms with Crippen LogP contribution < -0.4 is 20.4 Å². The van der Waals surface area contributed by atoms with Gasteiger partial charge in [-0.25, -0.2) is 0 Å². The largest absolute Gasteiger partial charge is 4.00 e. The number of pyridine rings is 4. The smallest absolute Gasteiger partial charge is 0.870 e. The minimum Gasteiger partial charge on any atom is -0.870 e. The van der Waals surface area contributed by atoms with Crippen LogP contribution in [-0.2, 0) is 0 Å². The van der Waals surface area contributed by atoms with Gasteiger partial charge in [0.25, 0.3) is 0 Å². The van der Waals surface area contributed by atoms with Crippen molar-refractivity contribution in [1.29, 1.82) is 0 Å². The molecular weight excluding hydrogens is 1340 g/mol. The van der Waals surface area contributed by atoms with E-state index in [4.69, 9.17) is 46.4 Å². The third kappa shape index (κ3) is 10.8. The first-order chi connectivity index (χ1) is 24.8. The first kappa shape index (κ1) is 44.9. The van der Waals surface area contributed by atoms with Gasteiger partial charge >= 0.3 is 41.7 Å². The van der Waals surface area contributed by atoms with Crippen LogP contribution in [0.2, 0.25) is 20.1 Å². The molecule has 8 rings (SSSR count). The number of aromatic nitrogens is 4. The van der Waals surface area contributed by atoms with Crippen molar-refractivity contribution in [3.05, 3.63) is 132 Å². The predicted octanol–water partition coefficient (Wildman–Crippen LogP) is 10.3. The summed E-state index contributed by atoms with van der Waals surface area (Å²) in [6.07, 6.45) is 6.37. The summed E-state index contributed by atoms with van der Waals surface area (Å²) in [5.74, 6) is -0.220. The molecule has 53 heavy (non-hydrogen) atoms. The second-order valence-electron chi connectivity index (χ2n) is 10.3. The molecule has 0 atom stereocenters. The van der Waals surface area contributed by atoms with Crippen LogP contribution in [-0.4, -0.2) is 19.9 Å². The molecule has 0 saturated carbocycles. The van der Waals surface area contributed by atoms with E-state index in [-0.39, 0.29) is 64.7 Å². The first-order valence-corrected chi connectivity index (χ1v) is 20.2. The Labute approximate surface area is 411 Å². The van der Waals surface area contributed by atoms with Crippen molar-refractivity contribution < 1.29 is 62.2 Å². The average Bonchev–Trinajstić information content (AvgIpc) is 3.15. The van der Waals surface area contributed by atoms with Crippen LogP contribution in [0.25, 0.3) is 43.6 Å². The molecule has 4 aromatic carbocycles. The van der Waals surface area contributed by atoms with E-state index in [1.165, 1.54) is 0 Å². The minimum absolute atomic E-state index is 0. The summed E-state index contributed by atoms with van der Waals surface area (Å²) < 4.78 is 2.42. The molecule has 4 aromatic heterocycles. The van der Waals surface area contributed by atoms with Crippen LogP contribution in [0.5, 0.6) is 23.0 Å². The second-order valence-corrected chi connectivity index (χ2v) is 16.6. The topological polar surface area (TPSA) is 144 Å². The number of nitrogens with zero attached hydrogens (tertiary/aromatic N) is 4. The molecular formula is C36H16CeCl4I4N4O4. The molecule has 0 aliphatic heterocycles. The first-order valence-electron chi connectivity index (χ1n) is 14.4. The molecule has 17 heteroatoms. The Morgan fingerprint density at radius 3 is 0.755 bits per heavy atom. The number of halogens is 8. The van der Waals surface area contributed by atoms with E-state index < -0.39 is 0 Å². The molecule has 0 aliphatic carbocycles. The molecule has 0 fully saturated rings. The molecule has 264 valence electrons. The fourth-order valence-corrected chi connectivity index (χ4v) is 8.64. The van der Waals surface area contributed by atoms with Crippen LogP contribution in [0.3, 0.4) is 0 Å². The van der Waals surface area contributed by atoms with Crippen LogP contribution in [0.1, 0.15) is 0 Å². The number of hydrogen-bond donors (Lipinski definition) is 0. The summed E-state index contributed by atoms with van der Waals surface area (Å²) >= 11 is 31.6. The van der Waals surface area contributed by atoms with Gasteiger partial charge in [-0.15, -0.1) is 0 Å². The Balaban J connectivity index is 0.000000157. The number of benzene rings is 4. The number of fused-ring (bicyclic) bond motifs is 4. The summed E-state index contributed by atoms with van der Waals surface area (Å²) in [5.41, 5.74) is 1.78. The molecule has 8 nitrogen and oxygen atoms in total. The molecule has 0 amide bonds. The molecule has 0 saturated heterocycles. The maximum Gasteiger partial charge on any atom is 4.00 e. The van der Waals surface area contributed by atoms with Gasteiger partial charge in [-0.1, -0.05) is 69.4 Å². The average molecular weight is 1360 g/mol. The Kier molecular flexibility index (Phi) is 17.4. The fourth-order valence-electron chi connectivity index (χ4n) is 4.59.